The summed E-state index contributed by atoms with van der Waals surface area (Å²) >= 11 is 1.40. The maximum Gasteiger partial charge on any atom is 0.221 e. The summed E-state index contributed by atoms with van der Waals surface area (Å²) < 4.78 is 4.56. The van der Waals surface area contributed by atoms with Gasteiger partial charge in [-0.05, 0) is 11.1 Å². The van der Waals surface area contributed by atoms with Crippen LogP contribution in [-0.4, -0.2) is 49.0 Å². The van der Waals surface area contributed by atoms with E-state index in [1.54, 1.807) is 0 Å². The molecular formula is C23H30N5OS+. The maximum absolute atomic E-state index is 12.3. The third-order valence-corrected chi connectivity index (χ3v) is 5.52. The first-order chi connectivity index (χ1) is 14.6. The van der Waals surface area contributed by atoms with Crippen LogP contribution in [-0.2, 0) is 17.8 Å². The van der Waals surface area contributed by atoms with Gasteiger partial charge >= 0.3 is 0 Å². The number of hydrogen-bond acceptors (Lipinski definition) is 5. The van der Waals surface area contributed by atoms with Crippen molar-refractivity contribution in [3.8, 4) is 0 Å². The second-order valence-corrected chi connectivity index (χ2v) is 8.35. The number of likely N-dealkylation sites (N-methyl/N-ethyl adjacent to an activating group) is 1. The molecule has 1 aromatic heterocycles. The number of aromatic nitrogens is 2. The Morgan fingerprint density at radius 2 is 1.70 bits per heavy atom. The number of hydrogen-bond donors (Lipinski definition) is 2. The first-order valence-corrected chi connectivity index (χ1v) is 11.1. The lowest BCUT2D eigenvalue weighted by Gasteiger charge is -2.21. The lowest BCUT2D eigenvalue weighted by Crippen LogP contribution is -3.06. The molecule has 0 saturated carbocycles. The molecule has 0 atom stereocenters. The standard InChI is InChI=1S/C23H29N5OS/c1-27(2)16-14-24-22(29)13-15-28(18-20-11-7-4-8-12-20)23-25-21(26-30-23)17-19-9-5-3-6-10-19/h3-12H,13-18H2,1-2H3,(H,24,29)/p+1. The highest BCUT2D eigenvalue weighted by atomic mass is 32.1. The molecule has 0 fully saturated rings. The minimum absolute atomic E-state index is 0.0725. The number of quaternary nitrogens is 1. The van der Waals surface area contributed by atoms with Crippen molar-refractivity contribution in [2.24, 2.45) is 0 Å². The summed E-state index contributed by atoms with van der Waals surface area (Å²) in [7, 11) is 4.16. The number of carbonyl (C=O) groups is 1. The molecule has 0 saturated heterocycles. The fourth-order valence-corrected chi connectivity index (χ4v) is 3.76. The summed E-state index contributed by atoms with van der Waals surface area (Å²) in [6, 6.07) is 20.5. The normalized spacial score (nSPS) is 10.9. The smallest absolute Gasteiger partial charge is 0.221 e. The largest absolute Gasteiger partial charge is 0.350 e. The van der Waals surface area contributed by atoms with Crippen LogP contribution in [0.25, 0.3) is 0 Å². The van der Waals surface area contributed by atoms with Crippen molar-refractivity contribution in [2.75, 3.05) is 38.6 Å². The molecule has 0 unspecified atom stereocenters. The summed E-state index contributed by atoms with van der Waals surface area (Å²) in [4.78, 5) is 20.5. The number of carbonyl (C=O) groups excluding carboxylic acids is 1. The first-order valence-electron chi connectivity index (χ1n) is 10.3. The first kappa shape index (κ1) is 21.9. The third-order valence-electron chi connectivity index (χ3n) is 4.71. The zero-order chi connectivity index (χ0) is 21.2. The Bertz CT molecular complexity index is 898. The van der Waals surface area contributed by atoms with E-state index in [-0.39, 0.29) is 5.91 Å². The van der Waals surface area contributed by atoms with Crippen molar-refractivity contribution in [3.05, 3.63) is 77.6 Å². The molecule has 1 amide bonds. The van der Waals surface area contributed by atoms with Gasteiger partial charge in [0, 0.05) is 37.5 Å². The van der Waals surface area contributed by atoms with E-state index in [4.69, 9.17) is 4.98 Å². The van der Waals surface area contributed by atoms with Crippen molar-refractivity contribution in [1.82, 2.24) is 14.7 Å². The van der Waals surface area contributed by atoms with E-state index in [2.05, 4.69) is 53.0 Å². The number of nitrogens with one attached hydrogen (secondary N) is 2. The van der Waals surface area contributed by atoms with E-state index < -0.39 is 0 Å². The van der Waals surface area contributed by atoms with Crippen LogP contribution >= 0.6 is 11.5 Å². The van der Waals surface area contributed by atoms with E-state index in [0.29, 0.717) is 32.5 Å². The molecule has 0 bridgehead atoms. The molecule has 158 valence electrons. The fourth-order valence-electron chi connectivity index (χ4n) is 3.05. The molecule has 3 rings (SSSR count). The van der Waals surface area contributed by atoms with Gasteiger partial charge in [-0.1, -0.05) is 60.7 Å². The average Bonchev–Trinajstić information content (AvgIpc) is 3.20. The van der Waals surface area contributed by atoms with E-state index in [0.717, 1.165) is 17.5 Å². The summed E-state index contributed by atoms with van der Waals surface area (Å²) in [5.41, 5.74) is 2.38. The van der Waals surface area contributed by atoms with E-state index in [9.17, 15) is 4.79 Å². The molecule has 2 N–H and O–H groups in total. The van der Waals surface area contributed by atoms with Crippen LogP contribution in [0.2, 0.25) is 0 Å². The highest BCUT2D eigenvalue weighted by molar-refractivity contribution is 7.09. The van der Waals surface area contributed by atoms with E-state index in [1.165, 1.54) is 27.6 Å². The van der Waals surface area contributed by atoms with Crippen molar-refractivity contribution in [1.29, 1.82) is 0 Å². The minimum Gasteiger partial charge on any atom is -0.350 e. The lowest BCUT2D eigenvalue weighted by molar-refractivity contribution is -0.856. The van der Waals surface area contributed by atoms with Crippen molar-refractivity contribution in [3.63, 3.8) is 0 Å². The monoisotopic (exact) mass is 424 g/mol. The van der Waals surface area contributed by atoms with Crippen LogP contribution in [0.1, 0.15) is 23.4 Å². The Balaban J connectivity index is 1.64. The predicted molar refractivity (Wildman–Crippen MR) is 122 cm³/mol. The van der Waals surface area contributed by atoms with Crippen molar-refractivity contribution in [2.45, 2.75) is 19.4 Å². The molecule has 0 aliphatic rings. The van der Waals surface area contributed by atoms with Crippen LogP contribution in [0.5, 0.6) is 0 Å². The fraction of sp³-hybridized carbons (Fsp3) is 0.348. The summed E-state index contributed by atoms with van der Waals surface area (Å²) in [6.45, 7) is 2.92. The minimum atomic E-state index is 0.0725. The van der Waals surface area contributed by atoms with Gasteiger partial charge in [-0.3, -0.25) is 4.79 Å². The van der Waals surface area contributed by atoms with Gasteiger partial charge in [0.15, 0.2) is 0 Å². The Kier molecular flexibility index (Phi) is 8.35. The number of rotatable bonds is 11. The van der Waals surface area contributed by atoms with Gasteiger partial charge in [0.05, 0.1) is 27.2 Å². The molecule has 2 aromatic carbocycles. The van der Waals surface area contributed by atoms with Crippen LogP contribution < -0.4 is 15.1 Å². The highest BCUT2D eigenvalue weighted by Gasteiger charge is 2.15. The van der Waals surface area contributed by atoms with Gasteiger partial charge in [0.25, 0.3) is 0 Å². The molecule has 0 radical (unpaired) electrons. The molecule has 0 aliphatic carbocycles. The average molecular weight is 425 g/mol. The zero-order valence-corrected chi connectivity index (χ0v) is 18.5. The molecule has 0 spiro atoms. The molecule has 30 heavy (non-hydrogen) atoms. The summed E-state index contributed by atoms with van der Waals surface area (Å²) in [5, 5.41) is 3.86. The highest BCUT2D eigenvalue weighted by Crippen LogP contribution is 2.21. The topological polar surface area (TPSA) is 62.6 Å². The predicted octanol–water partition coefficient (Wildman–Crippen LogP) is 1.79. The maximum atomic E-state index is 12.3. The van der Waals surface area contributed by atoms with Gasteiger partial charge in [-0.15, -0.1) is 0 Å². The van der Waals surface area contributed by atoms with Gasteiger partial charge < -0.3 is 15.1 Å². The van der Waals surface area contributed by atoms with E-state index in [1.807, 2.05) is 36.4 Å². The van der Waals surface area contributed by atoms with Crippen LogP contribution in [0.15, 0.2) is 60.7 Å². The van der Waals surface area contributed by atoms with Crippen LogP contribution in [0, 0.1) is 0 Å². The number of anilines is 1. The zero-order valence-electron chi connectivity index (χ0n) is 17.7. The molecule has 1 heterocycles. The second-order valence-electron chi connectivity index (χ2n) is 7.62. The quantitative estimate of drug-likeness (QED) is 0.493. The molecule has 3 aromatic rings. The number of amides is 1. The van der Waals surface area contributed by atoms with Gasteiger partial charge in [-0.25, -0.2) is 4.98 Å². The summed E-state index contributed by atoms with van der Waals surface area (Å²) in [5.74, 6) is 0.890. The second kappa shape index (κ2) is 11.4. The van der Waals surface area contributed by atoms with Gasteiger partial charge in [0.2, 0.25) is 11.0 Å². The Labute approximate surface area is 182 Å². The Morgan fingerprint density at radius 3 is 2.37 bits per heavy atom. The molecule has 6 nitrogen and oxygen atoms in total. The molecule has 0 aliphatic heterocycles. The molecular weight excluding hydrogens is 394 g/mol. The van der Waals surface area contributed by atoms with E-state index >= 15 is 0 Å². The van der Waals surface area contributed by atoms with Crippen molar-refractivity contribution < 1.29 is 9.69 Å². The van der Waals surface area contributed by atoms with Gasteiger partial charge in [-0.2, -0.15) is 4.37 Å². The van der Waals surface area contributed by atoms with Crippen LogP contribution in [0.4, 0.5) is 5.13 Å². The van der Waals surface area contributed by atoms with Crippen molar-refractivity contribution >= 4 is 22.6 Å². The Morgan fingerprint density at radius 1 is 1.03 bits per heavy atom. The number of benzene rings is 2. The lowest BCUT2D eigenvalue weighted by atomic mass is 10.1. The third kappa shape index (κ3) is 7.24. The number of nitrogens with zero attached hydrogens (tertiary/aromatic N) is 3. The Hall–Kier alpha value is -2.77. The van der Waals surface area contributed by atoms with Gasteiger partial charge in [0.1, 0.15) is 5.82 Å². The van der Waals surface area contributed by atoms with Crippen LogP contribution in [0.3, 0.4) is 0 Å². The SMILES string of the molecule is C[NH+](C)CCNC(=O)CCN(Cc1ccccc1)c1nc(Cc2ccccc2)ns1. The molecule has 7 heteroatoms. The summed E-state index contributed by atoms with van der Waals surface area (Å²) in [6.07, 6.45) is 1.15.